The Morgan fingerprint density at radius 2 is 2.10 bits per heavy atom. The molecule has 0 fully saturated rings. The quantitative estimate of drug-likeness (QED) is 0.929. The van der Waals surface area contributed by atoms with E-state index in [0.717, 1.165) is 49.1 Å². The van der Waals surface area contributed by atoms with Crippen LogP contribution >= 0.6 is 0 Å². The van der Waals surface area contributed by atoms with Gasteiger partial charge in [0, 0.05) is 43.7 Å². The third kappa shape index (κ3) is 2.87. The summed E-state index contributed by atoms with van der Waals surface area (Å²) in [5.74, 6) is 2.69. The van der Waals surface area contributed by atoms with E-state index in [1.54, 1.807) is 0 Å². The molecule has 5 heteroatoms. The van der Waals surface area contributed by atoms with Crippen LogP contribution in [0.4, 0.5) is 5.69 Å². The minimum atomic E-state index is 0.713. The van der Waals surface area contributed by atoms with Crippen LogP contribution in [0.15, 0.2) is 30.6 Å². The van der Waals surface area contributed by atoms with Crippen molar-refractivity contribution in [3.8, 4) is 11.5 Å². The summed E-state index contributed by atoms with van der Waals surface area (Å²) in [5, 5.41) is 3.40. The number of fused-ring (bicyclic) bond motifs is 1. The van der Waals surface area contributed by atoms with Gasteiger partial charge in [0.05, 0.1) is 13.2 Å². The zero-order valence-corrected chi connectivity index (χ0v) is 11.6. The van der Waals surface area contributed by atoms with Crippen molar-refractivity contribution < 1.29 is 9.47 Å². The number of imidazole rings is 1. The topological polar surface area (TPSA) is 48.3 Å². The Morgan fingerprint density at radius 1 is 1.25 bits per heavy atom. The van der Waals surface area contributed by atoms with Gasteiger partial charge in [-0.2, -0.15) is 0 Å². The molecule has 0 spiro atoms. The van der Waals surface area contributed by atoms with Crippen LogP contribution in [-0.2, 0) is 6.54 Å². The maximum Gasteiger partial charge on any atom is 0.163 e. The maximum atomic E-state index is 5.68. The fourth-order valence-electron chi connectivity index (χ4n) is 2.23. The van der Waals surface area contributed by atoms with Crippen LogP contribution in [0.2, 0.25) is 0 Å². The number of nitrogens with one attached hydrogen (secondary N) is 1. The third-order valence-corrected chi connectivity index (χ3v) is 3.35. The van der Waals surface area contributed by atoms with Gasteiger partial charge in [0.15, 0.2) is 11.5 Å². The number of aryl methyl sites for hydroxylation is 1. The lowest BCUT2D eigenvalue weighted by Crippen LogP contribution is -2.11. The predicted molar refractivity (Wildman–Crippen MR) is 77.5 cm³/mol. The van der Waals surface area contributed by atoms with Crippen molar-refractivity contribution in [2.45, 2.75) is 19.9 Å². The molecule has 0 aliphatic carbocycles. The minimum Gasteiger partial charge on any atom is -0.490 e. The molecule has 0 bridgehead atoms. The summed E-state index contributed by atoms with van der Waals surface area (Å²) in [5.41, 5.74) is 1.05. The van der Waals surface area contributed by atoms with E-state index in [1.165, 1.54) is 0 Å². The maximum absolute atomic E-state index is 5.68. The summed E-state index contributed by atoms with van der Waals surface area (Å²) in [7, 11) is 0. The van der Waals surface area contributed by atoms with Crippen LogP contribution in [0, 0.1) is 6.92 Å². The Morgan fingerprint density at radius 3 is 2.90 bits per heavy atom. The van der Waals surface area contributed by atoms with Crippen LogP contribution in [0.5, 0.6) is 11.5 Å². The van der Waals surface area contributed by atoms with E-state index in [0.29, 0.717) is 6.61 Å². The number of anilines is 1. The normalized spacial score (nSPS) is 13.8. The summed E-state index contributed by atoms with van der Waals surface area (Å²) in [4.78, 5) is 4.21. The first-order chi connectivity index (χ1) is 9.83. The molecule has 0 atom stereocenters. The highest BCUT2D eigenvalue weighted by atomic mass is 16.5. The van der Waals surface area contributed by atoms with Gasteiger partial charge in [-0.3, -0.25) is 0 Å². The minimum absolute atomic E-state index is 0.713. The van der Waals surface area contributed by atoms with Crippen LogP contribution in [0.25, 0.3) is 0 Å². The largest absolute Gasteiger partial charge is 0.490 e. The molecule has 0 amide bonds. The molecule has 0 radical (unpaired) electrons. The van der Waals surface area contributed by atoms with Crippen molar-refractivity contribution in [3.63, 3.8) is 0 Å². The Labute approximate surface area is 118 Å². The monoisotopic (exact) mass is 273 g/mol. The van der Waals surface area contributed by atoms with Gasteiger partial charge in [-0.05, 0) is 19.1 Å². The van der Waals surface area contributed by atoms with E-state index >= 15 is 0 Å². The first kappa shape index (κ1) is 12.8. The third-order valence-electron chi connectivity index (χ3n) is 3.35. The van der Waals surface area contributed by atoms with Crippen molar-refractivity contribution in [2.24, 2.45) is 0 Å². The van der Waals surface area contributed by atoms with Gasteiger partial charge in [-0.25, -0.2) is 4.98 Å². The van der Waals surface area contributed by atoms with Gasteiger partial charge >= 0.3 is 0 Å². The standard InChI is InChI=1S/C15H19N3O2/c1-12-16-5-7-18(12)8-6-17-13-3-4-14-15(11-13)20-10-2-9-19-14/h3-5,7,11,17H,2,6,8-10H2,1H3. The molecule has 106 valence electrons. The summed E-state index contributed by atoms with van der Waals surface area (Å²) in [6, 6.07) is 5.99. The van der Waals surface area contributed by atoms with Crippen LogP contribution < -0.4 is 14.8 Å². The molecule has 20 heavy (non-hydrogen) atoms. The van der Waals surface area contributed by atoms with E-state index in [2.05, 4.69) is 14.9 Å². The van der Waals surface area contributed by atoms with Gasteiger partial charge in [0.1, 0.15) is 5.82 Å². The van der Waals surface area contributed by atoms with Gasteiger partial charge < -0.3 is 19.4 Å². The molecule has 1 aromatic carbocycles. The Balaban J connectivity index is 1.60. The van der Waals surface area contributed by atoms with Gasteiger partial charge in [0.2, 0.25) is 0 Å². The molecular formula is C15H19N3O2. The van der Waals surface area contributed by atoms with Crippen molar-refractivity contribution in [1.82, 2.24) is 9.55 Å². The number of hydrogen-bond donors (Lipinski definition) is 1. The van der Waals surface area contributed by atoms with Crippen molar-refractivity contribution in [1.29, 1.82) is 0 Å². The molecule has 3 rings (SSSR count). The molecule has 0 unspecified atom stereocenters. The molecule has 2 heterocycles. The predicted octanol–water partition coefficient (Wildman–Crippen LogP) is 2.46. The molecule has 1 aliphatic rings. The van der Waals surface area contributed by atoms with Crippen molar-refractivity contribution >= 4 is 5.69 Å². The van der Waals surface area contributed by atoms with Gasteiger partial charge in [-0.1, -0.05) is 0 Å². The van der Waals surface area contributed by atoms with E-state index in [9.17, 15) is 0 Å². The molecule has 1 aromatic heterocycles. The first-order valence-electron chi connectivity index (χ1n) is 6.94. The fourth-order valence-corrected chi connectivity index (χ4v) is 2.23. The van der Waals surface area contributed by atoms with Crippen molar-refractivity contribution in [2.75, 3.05) is 25.1 Å². The molecule has 0 saturated carbocycles. The molecule has 1 aliphatic heterocycles. The molecular weight excluding hydrogens is 254 g/mol. The number of ether oxygens (including phenoxy) is 2. The smallest absolute Gasteiger partial charge is 0.163 e. The fraction of sp³-hybridized carbons (Fsp3) is 0.400. The summed E-state index contributed by atoms with van der Waals surface area (Å²) in [6.45, 7) is 5.18. The lowest BCUT2D eigenvalue weighted by Gasteiger charge is -2.11. The average Bonchev–Trinajstić information content (AvgIpc) is 2.73. The average molecular weight is 273 g/mol. The second-order valence-electron chi connectivity index (χ2n) is 4.81. The lowest BCUT2D eigenvalue weighted by atomic mass is 10.2. The zero-order valence-electron chi connectivity index (χ0n) is 11.6. The molecule has 1 N–H and O–H groups in total. The van der Waals surface area contributed by atoms with E-state index in [1.807, 2.05) is 37.5 Å². The van der Waals surface area contributed by atoms with E-state index < -0.39 is 0 Å². The Bertz CT molecular complexity index is 580. The number of aromatic nitrogens is 2. The van der Waals surface area contributed by atoms with Crippen LogP contribution in [-0.4, -0.2) is 29.3 Å². The summed E-state index contributed by atoms with van der Waals surface area (Å²) >= 11 is 0. The SMILES string of the molecule is Cc1nccn1CCNc1ccc2c(c1)OCCCO2. The van der Waals surface area contributed by atoms with Crippen LogP contribution in [0.3, 0.4) is 0 Å². The van der Waals surface area contributed by atoms with Crippen LogP contribution in [0.1, 0.15) is 12.2 Å². The second-order valence-corrected chi connectivity index (χ2v) is 4.81. The van der Waals surface area contributed by atoms with Crippen molar-refractivity contribution in [3.05, 3.63) is 36.4 Å². The number of hydrogen-bond acceptors (Lipinski definition) is 4. The number of rotatable bonds is 4. The molecule has 2 aromatic rings. The van der Waals surface area contributed by atoms with E-state index in [-0.39, 0.29) is 0 Å². The molecule has 5 nitrogen and oxygen atoms in total. The first-order valence-corrected chi connectivity index (χ1v) is 6.94. The molecule has 0 saturated heterocycles. The highest BCUT2D eigenvalue weighted by Gasteiger charge is 2.10. The number of benzene rings is 1. The zero-order chi connectivity index (χ0) is 13.8. The highest BCUT2D eigenvalue weighted by Crippen LogP contribution is 2.32. The Kier molecular flexibility index (Phi) is 3.76. The Hall–Kier alpha value is -2.17. The summed E-state index contributed by atoms with van der Waals surface area (Å²) < 4.78 is 13.4. The van der Waals surface area contributed by atoms with Gasteiger partial charge in [-0.15, -0.1) is 0 Å². The lowest BCUT2D eigenvalue weighted by molar-refractivity contribution is 0.297. The second kappa shape index (κ2) is 5.86. The highest BCUT2D eigenvalue weighted by molar-refractivity contribution is 5.54. The number of nitrogens with zero attached hydrogens (tertiary/aromatic N) is 2. The van der Waals surface area contributed by atoms with Gasteiger partial charge in [0.25, 0.3) is 0 Å². The summed E-state index contributed by atoms with van der Waals surface area (Å²) in [6.07, 6.45) is 4.74. The van der Waals surface area contributed by atoms with E-state index in [4.69, 9.17) is 9.47 Å².